The maximum absolute atomic E-state index is 13.9. The van der Waals surface area contributed by atoms with Crippen LogP contribution in [0.25, 0.3) is 21.8 Å². The summed E-state index contributed by atoms with van der Waals surface area (Å²) in [6, 6.07) is 13.9. The molecule has 0 unspecified atom stereocenters. The Labute approximate surface area is 252 Å². The lowest BCUT2D eigenvalue weighted by molar-refractivity contribution is 0.0205. The van der Waals surface area contributed by atoms with Crippen LogP contribution in [0.1, 0.15) is 69.4 Å². The van der Waals surface area contributed by atoms with Crippen LogP contribution in [0.3, 0.4) is 0 Å². The third kappa shape index (κ3) is 7.34. The minimum atomic E-state index is -0.481. The highest BCUT2D eigenvalue weighted by atomic mass is 35.5. The molecular weight excluding hydrogens is 558 g/mol. The highest BCUT2D eigenvalue weighted by Crippen LogP contribution is 2.34. The molecule has 4 heterocycles. The molecule has 0 radical (unpaired) electrons. The smallest absolute Gasteiger partial charge is 0.410 e. The van der Waals surface area contributed by atoms with Crippen molar-refractivity contribution in [3.63, 3.8) is 0 Å². The van der Waals surface area contributed by atoms with Gasteiger partial charge in [-0.05, 0) is 119 Å². The number of hydrogen-bond acceptors (Lipinski definition) is 5. The minimum Gasteiger partial charge on any atom is -0.444 e. The molecule has 2 fully saturated rings. The third-order valence-electron chi connectivity index (χ3n) is 7.86. The van der Waals surface area contributed by atoms with Crippen molar-refractivity contribution in [3.8, 4) is 0 Å². The molecule has 1 N–H and O–H groups in total. The highest BCUT2D eigenvalue weighted by Gasteiger charge is 2.28. The average Bonchev–Trinajstić information content (AvgIpc) is 2.98. The van der Waals surface area contributed by atoms with Crippen LogP contribution in [0.5, 0.6) is 0 Å². The Morgan fingerprint density at radius 1 is 0.810 bits per heavy atom. The van der Waals surface area contributed by atoms with Crippen molar-refractivity contribution in [2.75, 3.05) is 26.2 Å². The van der Waals surface area contributed by atoms with E-state index in [2.05, 4.69) is 15.3 Å². The van der Waals surface area contributed by atoms with Crippen LogP contribution in [0.4, 0.5) is 13.6 Å². The van der Waals surface area contributed by atoms with E-state index >= 15 is 0 Å². The van der Waals surface area contributed by atoms with Gasteiger partial charge in [-0.1, -0.05) is 12.1 Å². The number of benzene rings is 2. The summed E-state index contributed by atoms with van der Waals surface area (Å²) in [7, 11) is 0. The number of likely N-dealkylation sites (tertiary alicyclic amines) is 1. The zero-order valence-electron chi connectivity index (χ0n) is 24.4. The Balaban J connectivity index is 0.000000198. The monoisotopic (exact) mass is 596 g/mol. The van der Waals surface area contributed by atoms with Crippen LogP contribution in [-0.2, 0) is 4.74 Å². The lowest BCUT2D eigenvalue weighted by Crippen LogP contribution is -2.41. The highest BCUT2D eigenvalue weighted by molar-refractivity contribution is 5.85. The van der Waals surface area contributed by atoms with Crippen molar-refractivity contribution in [2.24, 2.45) is 0 Å². The Morgan fingerprint density at radius 2 is 1.29 bits per heavy atom. The molecule has 42 heavy (non-hydrogen) atoms. The molecule has 0 spiro atoms. The van der Waals surface area contributed by atoms with E-state index in [-0.39, 0.29) is 36.1 Å². The fraction of sp³-hybridized carbons (Fsp3) is 0.424. The molecule has 2 aliphatic rings. The van der Waals surface area contributed by atoms with Crippen molar-refractivity contribution in [1.82, 2.24) is 20.2 Å². The standard InChI is InChI=1S/C19H23FN2O2.C14H15FN2.ClH/c1-19(2,3)24-18(23)22-11-8-13(9-12-22)14-6-7-16(20)15-5-4-10-21-17(14)15;15-13-4-3-11(10-5-8-16-9-6-10)14-12(13)2-1-7-17-14;/h4-7,10,13H,8-9,11-12H2,1-3H3;1-4,7,10,16H,5-6,8-9H2;1H. The molecule has 2 aromatic carbocycles. The number of amides is 1. The van der Waals surface area contributed by atoms with Crippen molar-refractivity contribution < 1.29 is 18.3 Å². The maximum Gasteiger partial charge on any atom is 0.410 e. The molecule has 0 bridgehead atoms. The molecule has 1 amide bonds. The van der Waals surface area contributed by atoms with Crippen molar-refractivity contribution in [2.45, 2.75) is 63.9 Å². The Kier molecular flexibility index (Phi) is 10.3. The summed E-state index contributed by atoms with van der Waals surface area (Å²) in [4.78, 5) is 22.6. The number of ether oxygens (including phenoxy) is 1. The quantitative estimate of drug-likeness (QED) is 0.256. The Hall–Kier alpha value is -3.36. The first kappa shape index (κ1) is 31.6. The first-order valence-electron chi connectivity index (χ1n) is 14.5. The first-order valence-corrected chi connectivity index (χ1v) is 14.5. The van der Waals surface area contributed by atoms with Gasteiger partial charge in [-0.2, -0.15) is 0 Å². The van der Waals surface area contributed by atoms with Gasteiger partial charge in [0.05, 0.1) is 11.0 Å². The molecule has 0 saturated carbocycles. The van der Waals surface area contributed by atoms with Crippen LogP contribution in [0.2, 0.25) is 0 Å². The summed E-state index contributed by atoms with van der Waals surface area (Å²) < 4.78 is 33.1. The van der Waals surface area contributed by atoms with Gasteiger partial charge in [0.15, 0.2) is 0 Å². The molecule has 4 aromatic rings. The van der Waals surface area contributed by atoms with E-state index in [0.717, 1.165) is 55.4 Å². The van der Waals surface area contributed by atoms with Gasteiger partial charge in [0.25, 0.3) is 0 Å². The van der Waals surface area contributed by atoms with Crippen LogP contribution < -0.4 is 5.32 Å². The van der Waals surface area contributed by atoms with E-state index in [1.807, 2.05) is 39.0 Å². The van der Waals surface area contributed by atoms with Gasteiger partial charge in [-0.3, -0.25) is 9.97 Å². The summed E-state index contributed by atoms with van der Waals surface area (Å²) in [5.74, 6) is 0.370. The van der Waals surface area contributed by atoms with Crippen LogP contribution in [0, 0.1) is 11.6 Å². The molecule has 0 aliphatic carbocycles. The summed E-state index contributed by atoms with van der Waals surface area (Å²) in [6.45, 7) is 8.97. The normalized spacial score (nSPS) is 16.5. The molecule has 9 heteroatoms. The fourth-order valence-electron chi connectivity index (χ4n) is 5.81. The van der Waals surface area contributed by atoms with E-state index in [1.165, 1.54) is 11.6 Å². The molecule has 6 nitrogen and oxygen atoms in total. The van der Waals surface area contributed by atoms with Gasteiger partial charge in [0, 0.05) is 36.3 Å². The number of rotatable bonds is 2. The maximum atomic E-state index is 13.9. The largest absolute Gasteiger partial charge is 0.444 e. The van der Waals surface area contributed by atoms with Crippen LogP contribution in [0.15, 0.2) is 60.9 Å². The molecular formula is C33H39ClF2N4O2. The predicted octanol–water partition coefficient (Wildman–Crippen LogP) is 7.75. The Bertz CT molecular complexity index is 1510. The number of halogens is 3. The number of carbonyl (C=O) groups is 1. The zero-order chi connectivity index (χ0) is 29.0. The number of pyridine rings is 2. The fourth-order valence-corrected chi connectivity index (χ4v) is 5.81. The number of carbonyl (C=O) groups excluding carboxylic acids is 1. The van der Waals surface area contributed by atoms with E-state index in [1.54, 1.807) is 41.6 Å². The average molecular weight is 597 g/mol. The van der Waals surface area contributed by atoms with E-state index in [9.17, 15) is 13.6 Å². The summed E-state index contributed by atoms with van der Waals surface area (Å²) >= 11 is 0. The minimum absolute atomic E-state index is 0. The molecule has 0 atom stereocenters. The summed E-state index contributed by atoms with van der Waals surface area (Å²) in [5.41, 5.74) is 3.34. The van der Waals surface area contributed by atoms with Crippen molar-refractivity contribution >= 4 is 40.3 Å². The van der Waals surface area contributed by atoms with Crippen LogP contribution in [-0.4, -0.2) is 52.7 Å². The second kappa shape index (κ2) is 13.7. The Morgan fingerprint density at radius 3 is 1.76 bits per heavy atom. The van der Waals surface area contributed by atoms with Gasteiger partial charge in [0.1, 0.15) is 17.2 Å². The van der Waals surface area contributed by atoms with Gasteiger partial charge >= 0.3 is 6.09 Å². The topological polar surface area (TPSA) is 67.3 Å². The second-order valence-electron chi connectivity index (χ2n) is 11.8. The third-order valence-corrected chi connectivity index (χ3v) is 7.86. The van der Waals surface area contributed by atoms with Gasteiger partial charge in [0.2, 0.25) is 0 Å². The summed E-state index contributed by atoms with van der Waals surface area (Å²) in [5, 5.41) is 4.55. The number of aromatic nitrogens is 2. The molecule has 6 rings (SSSR count). The van der Waals surface area contributed by atoms with Gasteiger partial charge in [-0.15, -0.1) is 12.4 Å². The number of piperidine rings is 2. The van der Waals surface area contributed by atoms with Gasteiger partial charge in [-0.25, -0.2) is 13.6 Å². The van der Waals surface area contributed by atoms with Gasteiger partial charge < -0.3 is 15.0 Å². The SMILES string of the molecule is CC(C)(C)OC(=O)N1CCC(c2ccc(F)c3cccnc23)CC1.Cl.Fc1ccc(C2CCNCC2)c2ncccc12. The second-order valence-corrected chi connectivity index (χ2v) is 11.8. The van der Waals surface area contributed by atoms with Crippen molar-refractivity contribution in [3.05, 3.63) is 83.7 Å². The number of hydrogen-bond donors (Lipinski definition) is 1. The molecule has 2 aromatic heterocycles. The first-order chi connectivity index (χ1) is 19.7. The lowest BCUT2D eigenvalue weighted by atomic mass is 9.88. The van der Waals surface area contributed by atoms with E-state index in [0.29, 0.717) is 29.8 Å². The molecule has 2 aliphatic heterocycles. The number of fused-ring (bicyclic) bond motifs is 2. The number of nitrogens with one attached hydrogen (secondary N) is 1. The van der Waals surface area contributed by atoms with E-state index < -0.39 is 5.60 Å². The predicted molar refractivity (Wildman–Crippen MR) is 165 cm³/mol. The van der Waals surface area contributed by atoms with Crippen LogP contribution >= 0.6 is 12.4 Å². The van der Waals surface area contributed by atoms with E-state index in [4.69, 9.17) is 4.74 Å². The zero-order valence-corrected chi connectivity index (χ0v) is 25.2. The van der Waals surface area contributed by atoms with Crippen molar-refractivity contribution in [1.29, 1.82) is 0 Å². The molecule has 2 saturated heterocycles. The summed E-state index contributed by atoms with van der Waals surface area (Å²) in [6.07, 6.45) is 7.05. The molecule has 224 valence electrons. The number of nitrogens with zero attached hydrogens (tertiary/aromatic N) is 3. The lowest BCUT2D eigenvalue weighted by Gasteiger charge is -2.33.